The SMILES string of the molecule is NC(=O)c1cc(N2CCCC(=O)C2)ccn1. The summed E-state index contributed by atoms with van der Waals surface area (Å²) in [5, 5.41) is 0. The lowest BCUT2D eigenvalue weighted by molar-refractivity contribution is -0.118. The lowest BCUT2D eigenvalue weighted by atomic mass is 10.1. The van der Waals surface area contributed by atoms with Crippen molar-refractivity contribution in [2.75, 3.05) is 18.0 Å². The van der Waals surface area contributed by atoms with Crippen LogP contribution in [0.1, 0.15) is 23.3 Å². The third-order valence-corrected chi connectivity index (χ3v) is 2.61. The van der Waals surface area contributed by atoms with Crippen molar-refractivity contribution in [2.24, 2.45) is 5.73 Å². The Bertz CT molecular complexity index is 431. The molecule has 0 bridgehead atoms. The molecule has 16 heavy (non-hydrogen) atoms. The number of carbonyl (C=O) groups is 2. The topological polar surface area (TPSA) is 76.3 Å². The normalized spacial score (nSPS) is 16.2. The quantitative estimate of drug-likeness (QED) is 0.778. The second-order valence-electron chi connectivity index (χ2n) is 3.83. The molecule has 1 amide bonds. The van der Waals surface area contributed by atoms with Crippen LogP contribution in [0.5, 0.6) is 0 Å². The summed E-state index contributed by atoms with van der Waals surface area (Å²) in [7, 11) is 0. The monoisotopic (exact) mass is 219 g/mol. The van der Waals surface area contributed by atoms with Crippen molar-refractivity contribution in [1.82, 2.24) is 4.98 Å². The highest BCUT2D eigenvalue weighted by Crippen LogP contribution is 2.18. The van der Waals surface area contributed by atoms with Gasteiger partial charge in [0.1, 0.15) is 5.69 Å². The Morgan fingerprint density at radius 3 is 3.00 bits per heavy atom. The maximum Gasteiger partial charge on any atom is 0.267 e. The average molecular weight is 219 g/mol. The lowest BCUT2D eigenvalue weighted by Gasteiger charge is -2.27. The van der Waals surface area contributed by atoms with Gasteiger partial charge in [0.2, 0.25) is 0 Å². The Labute approximate surface area is 93.3 Å². The van der Waals surface area contributed by atoms with E-state index >= 15 is 0 Å². The van der Waals surface area contributed by atoms with Gasteiger partial charge in [-0.1, -0.05) is 0 Å². The first-order chi connectivity index (χ1) is 7.66. The fraction of sp³-hybridized carbons (Fsp3) is 0.364. The van der Waals surface area contributed by atoms with Crippen molar-refractivity contribution >= 4 is 17.4 Å². The van der Waals surface area contributed by atoms with Crippen molar-refractivity contribution < 1.29 is 9.59 Å². The van der Waals surface area contributed by atoms with Gasteiger partial charge in [-0.05, 0) is 18.6 Å². The summed E-state index contributed by atoms with van der Waals surface area (Å²) >= 11 is 0. The molecule has 0 radical (unpaired) electrons. The highest BCUT2D eigenvalue weighted by atomic mass is 16.1. The van der Waals surface area contributed by atoms with Crippen molar-refractivity contribution in [3.63, 3.8) is 0 Å². The Balaban J connectivity index is 2.22. The molecule has 1 aliphatic heterocycles. The summed E-state index contributed by atoms with van der Waals surface area (Å²) in [6, 6.07) is 3.41. The van der Waals surface area contributed by atoms with E-state index in [1.165, 1.54) is 6.20 Å². The number of aromatic nitrogens is 1. The van der Waals surface area contributed by atoms with E-state index < -0.39 is 5.91 Å². The number of anilines is 1. The number of piperidine rings is 1. The first kappa shape index (κ1) is 10.6. The number of rotatable bonds is 2. The molecule has 1 fully saturated rings. The van der Waals surface area contributed by atoms with E-state index in [1.807, 2.05) is 4.90 Å². The van der Waals surface area contributed by atoms with Crippen LogP contribution in [-0.2, 0) is 4.79 Å². The molecule has 1 aromatic heterocycles. The first-order valence-corrected chi connectivity index (χ1v) is 5.19. The van der Waals surface area contributed by atoms with E-state index in [-0.39, 0.29) is 11.5 Å². The maximum absolute atomic E-state index is 11.3. The van der Waals surface area contributed by atoms with Gasteiger partial charge in [-0.25, -0.2) is 0 Å². The Morgan fingerprint density at radius 2 is 2.31 bits per heavy atom. The minimum Gasteiger partial charge on any atom is -0.364 e. The fourth-order valence-electron chi connectivity index (χ4n) is 1.81. The predicted molar refractivity (Wildman–Crippen MR) is 59.2 cm³/mol. The predicted octanol–water partition coefficient (Wildman–Crippen LogP) is 0.350. The Hall–Kier alpha value is -1.91. The van der Waals surface area contributed by atoms with Crippen LogP contribution in [-0.4, -0.2) is 29.8 Å². The van der Waals surface area contributed by atoms with Crippen LogP contribution in [0.4, 0.5) is 5.69 Å². The Kier molecular flexibility index (Phi) is 2.85. The van der Waals surface area contributed by atoms with Crippen LogP contribution in [0.25, 0.3) is 0 Å². The molecule has 1 saturated heterocycles. The minimum atomic E-state index is -0.551. The van der Waals surface area contributed by atoms with Gasteiger partial charge < -0.3 is 10.6 Å². The number of nitrogens with two attached hydrogens (primary N) is 1. The molecule has 0 aliphatic carbocycles. The molecule has 0 spiro atoms. The molecule has 1 aliphatic rings. The zero-order valence-electron chi connectivity index (χ0n) is 8.85. The maximum atomic E-state index is 11.3. The summed E-state index contributed by atoms with van der Waals surface area (Å²) in [4.78, 5) is 28.1. The molecule has 0 atom stereocenters. The smallest absolute Gasteiger partial charge is 0.267 e. The van der Waals surface area contributed by atoms with Gasteiger partial charge in [0.05, 0.1) is 6.54 Å². The zero-order chi connectivity index (χ0) is 11.5. The summed E-state index contributed by atoms with van der Waals surface area (Å²) in [5.41, 5.74) is 6.21. The number of pyridine rings is 1. The molecule has 2 rings (SSSR count). The molecule has 84 valence electrons. The summed E-state index contributed by atoms with van der Waals surface area (Å²) in [6.45, 7) is 1.23. The van der Waals surface area contributed by atoms with E-state index in [0.29, 0.717) is 13.0 Å². The number of primary amides is 1. The van der Waals surface area contributed by atoms with Gasteiger partial charge in [0, 0.05) is 24.8 Å². The van der Waals surface area contributed by atoms with Crippen LogP contribution in [0.15, 0.2) is 18.3 Å². The standard InChI is InChI=1S/C11H13N3O2/c12-11(16)10-6-8(3-4-13-10)14-5-1-2-9(15)7-14/h3-4,6H,1-2,5,7H2,(H2,12,16). The molecule has 1 aromatic rings. The van der Waals surface area contributed by atoms with Crippen molar-refractivity contribution in [1.29, 1.82) is 0 Å². The average Bonchev–Trinajstić information content (AvgIpc) is 2.29. The van der Waals surface area contributed by atoms with Crippen LogP contribution < -0.4 is 10.6 Å². The minimum absolute atomic E-state index is 0.226. The number of carbonyl (C=O) groups excluding carboxylic acids is 2. The van der Waals surface area contributed by atoms with E-state index in [0.717, 1.165) is 18.7 Å². The van der Waals surface area contributed by atoms with Gasteiger partial charge in [-0.2, -0.15) is 0 Å². The fourth-order valence-corrected chi connectivity index (χ4v) is 1.81. The molecule has 2 N–H and O–H groups in total. The third kappa shape index (κ3) is 2.18. The van der Waals surface area contributed by atoms with Crippen LogP contribution in [0.3, 0.4) is 0 Å². The number of ketones is 1. The van der Waals surface area contributed by atoms with Gasteiger partial charge in [0.25, 0.3) is 5.91 Å². The van der Waals surface area contributed by atoms with Crippen molar-refractivity contribution in [2.45, 2.75) is 12.8 Å². The van der Waals surface area contributed by atoms with E-state index in [4.69, 9.17) is 5.73 Å². The molecular weight excluding hydrogens is 206 g/mol. The molecule has 2 heterocycles. The van der Waals surface area contributed by atoms with Crippen LogP contribution in [0, 0.1) is 0 Å². The van der Waals surface area contributed by atoms with Gasteiger partial charge in [-0.15, -0.1) is 0 Å². The largest absolute Gasteiger partial charge is 0.364 e. The van der Waals surface area contributed by atoms with Crippen molar-refractivity contribution in [3.05, 3.63) is 24.0 Å². The highest BCUT2D eigenvalue weighted by molar-refractivity contribution is 5.92. The van der Waals surface area contributed by atoms with Crippen molar-refractivity contribution in [3.8, 4) is 0 Å². The first-order valence-electron chi connectivity index (χ1n) is 5.19. The van der Waals surface area contributed by atoms with Gasteiger partial charge >= 0.3 is 0 Å². The highest BCUT2D eigenvalue weighted by Gasteiger charge is 2.17. The summed E-state index contributed by atoms with van der Waals surface area (Å²) in [5.74, 6) is -0.325. The summed E-state index contributed by atoms with van der Waals surface area (Å²) in [6.07, 6.45) is 3.03. The van der Waals surface area contributed by atoms with E-state index in [9.17, 15) is 9.59 Å². The lowest BCUT2D eigenvalue weighted by Crippen LogP contribution is -2.35. The second-order valence-corrected chi connectivity index (χ2v) is 3.83. The third-order valence-electron chi connectivity index (χ3n) is 2.61. The molecule has 5 heteroatoms. The molecule has 5 nitrogen and oxygen atoms in total. The molecule has 0 aromatic carbocycles. The van der Waals surface area contributed by atoms with Crippen LogP contribution in [0.2, 0.25) is 0 Å². The number of amides is 1. The second kappa shape index (κ2) is 4.30. The number of hydrogen-bond acceptors (Lipinski definition) is 4. The van der Waals surface area contributed by atoms with E-state index in [2.05, 4.69) is 4.98 Å². The van der Waals surface area contributed by atoms with Gasteiger partial charge in [0.15, 0.2) is 5.78 Å². The van der Waals surface area contributed by atoms with Crippen LogP contribution >= 0.6 is 0 Å². The number of Topliss-reactive ketones (excluding diaryl/α,β-unsaturated/α-hetero) is 1. The van der Waals surface area contributed by atoms with Gasteiger partial charge in [-0.3, -0.25) is 14.6 Å². The number of hydrogen-bond donors (Lipinski definition) is 1. The molecule has 0 unspecified atom stereocenters. The molecular formula is C11H13N3O2. The molecule has 0 saturated carbocycles. The zero-order valence-corrected chi connectivity index (χ0v) is 8.85. The number of nitrogens with zero attached hydrogens (tertiary/aromatic N) is 2. The van der Waals surface area contributed by atoms with E-state index in [1.54, 1.807) is 12.1 Å². The summed E-state index contributed by atoms with van der Waals surface area (Å²) < 4.78 is 0. The Morgan fingerprint density at radius 1 is 1.50 bits per heavy atom.